The molecule has 1 aliphatic rings. The van der Waals surface area contributed by atoms with E-state index in [1.165, 1.54) is 0 Å². The molecular weight excluding hydrogens is 306 g/mol. The Morgan fingerprint density at radius 1 is 1.42 bits per heavy atom. The zero-order valence-electron chi connectivity index (χ0n) is 14.4. The summed E-state index contributed by atoms with van der Waals surface area (Å²) in [5.74, 6) is -0.0264. The predicted octanol–water partition coefficient (Wildman–Crippen LogP) is 0.775. The van der Waals surface area contributed by atoms with Crippen molar-refractivity contribution in [3.63, 3.8) is 0 Å². The van der Waals surface area contributed by atoms with E-state index in [0.29, 0.717) is 12.8 Å². The van der Waals surface area contributed by atoms with Crippen molar-refractivity contribution >= 4 is 5.91 Å². The Bertz CT molecular complexity index is 707. The third-order valence-corrected chi connectivity index (χ3v) is 4.84. The maximum Gasteiger partial charge on any atom is 0.224 e. The minimum Gasteiger partial charge on any atom is -0.391 e. The van der Waals surface area contributed by atoms with Gasteiger partial charge in [-0.15, -0.1) is 0 Å². The number of nitrogens with zero attached hydrogens (tertiary/aromatic N) is 4. The molecule has 0 aromatic carbocycles. The van der Waals surface area contributed by atoms with E-state index in [9.17, 15) is 9.90 Å². The van der Waals surface area contributed by atoms with E-state index in [1.54, 1.807) is 10.9 Å². The minimum absolute atomic E-state index is 0.0264. The van der Waals surface area contributed by atoms with Crippen LogP contribution in [0.15, 0.2) is 18.5 Å². The number of hydrogen-bond donors (Lipinski definition) is 2. The molecule has 130 valence electrons. The van der Waals surface area contributed by atoms with Gasteiger partial charge in [-0.1, -0.05) is 13.8 Å². The third-order valence-electron chi connectivity index (χ3n) is 4.84. The lowest BCUT2D eigenvalue weighted by Gasteiger charge is -2.41. The monoisotopic (exact) mass is 331 g/mol. The van der Waals surface area contributed by atoms with Crippen molar-refractivity contribution in [3.05, 3.63) is 35.4 Å². The maximum absolute atomic E-state index is 12.5. The molecule has 7 heteroatoms. The molecule has 0 bridgehead atoms. The SMILES string of the molecule is CCc1nn(C)c(CC)c1CC(=O)N[C@H]1C[C@@H](O)[C@@H]1n1cccn1. The van der Waals surface area contributed by atoms with Crippen molar-refractivity contribution in [2.24, 2.45) is 7.05 Å². The highest BCUT2D eigenvalue weighted by Gasteiger charge is 2.42. The molecule has 1 saturated carbocycles. The number of carbonyl (C=O) groups excluding carboxylic acids is 1. The zero-order chi connectivity index (χ0) is 17.3. The molecule has 3 atom stereocenters. The van der Waals surface area contributed by atoms with Gasteiger partial charge in [-0.2, -0.15) is 10.2 Å². The van der Waals surface area contributed by atoms with Crippen molar-refractivity contribution in [1.82, 2.24) is 24.9 Å². The molecule has 2 aromatic rings. The molecule has 7 nitrogen and oxygen atoms in total. The van der Waals surface area contributed by atoms with Crippen LogP contribution in [0.1, 0.15) is 43.3 Å². The maximum atomic E-state index is 12.5. The van der Waals surface area contributed by atoms with Crippen LogP contribution in [0, 0.1) is 0 Å². The summed E-state index contributed by atoms with van der Waals surface area (Å²) in [5.41, 5.74) is 3.14. The van der Waals surface area contributed by atoms with Gasteiger partial charge in [-0.3, -0.25) is 14.2 Å². The van der Waals surface area contributed by atoms with Crippen LogP contribution >= 0.6 is 0 Å². The van der Waals surface area contributed by atoms with Gasteiger partial charge in [0, 0.05) is 30.7 Å². The number of nitrogens with one attached hydrogen (secondary N) is 1. The molecule has 1 fully saturated rings. The van der Waals surface area contributed by atoms with Gasteiger partial charge >= 0.3 is 0 Å². The summed E-state index contributed by atoms with van der Waals surface area (Å²) in [5, 5.41) is 21.7. The number of aryl methyl sites for hydroxylation is 2. The lowest BCUT2D eigenvalue weighted by Crippen LogP contribution is -2.56. The fraction of sp³-hybridized carbons (Fsp3) is 0.588. The Morgan fingerprint density at radius 2 is 2.21 bits per heavy atom. The van der Waals surface area contributed by atoms with E-state index < -0.39 is 6.10 Å². The highest BCUT2D eigenvalue weighted by atomic mass is 16.3. The van der Waals surface area contributed by atoms with Gasteiger partial charge in [-0.05, 0) is 25.3 Å². The van der Waals surface area contributed by atoms with E-state index in [-0.39, 0.29) is 18.0 Å². The van der Waals surface area contributed by atoms with Crippen LogP contribution in [0.25, 0.3) is 0 Å². The molecule has 1 amide bonds. The van der Waals surface area contributed by atoms with Crippen LogP contribution in [0.3, 0.4) is 0 Å². The zero-order valence-corrected chi connectivity index (χ0v) is 14.4. The molecule has 24 heavy (non-hydrogen) atoms. The summed E-state index contributed by atoms with van der Waals surface area (Å²) in [4.78, 5) is 12.5. The summed E-state index contributed by atoms with van der Waals surface area (Å²) >= 11 is 0. The molecule has 2 N–H and O–H groups in total. The molecule has 0 saturated heterocycles. The Hall–Kier alpha value is -2.15. The average molecular weight is 331 g/mol. The molecule has 2 aromatic heterocycles. The van der Waals surface area contributed by atoms with Crippen LogP contribution in [-0.4, -0.2) is 42.7 Å². The lowest BCUT2D eigenvalue weighted by atomic mass is 9.83. The van der Waals surface area contributed by atoms with E-state index in [0.717, 1.165) is 29.8 Å². The number of aliphatic hydroxyl groups excluding tert-OH is 1. The highest BCUT2D eigenvalue weighted by molar-refractivity contribution is 5.79. The number of rotatable bonds is 6. The normalized spacial score (nSPS) is 23.1. The smallest absolute Gasteiger partial charge is 0.224 e. The first-order valence-corrected chi connectivity index (χ1v) is 8.55. The number of aliphatic hydroxyl groups is 1. The fourth-order valence-electron chi connectivity index (χ4n) is 3.59. The Morgan fingerprint density at radius 3 is 2.79 bits per heavy atom. The van der Waals surface area contributed by atoms with Gasteiger partial charge < -0.3 is 10.4 Å². The van der Waals surface area contributed by atoms with E-state index in [4.69, 9.17) is 0 Å². The summed E-state index contributed by atoms with van der Waals surface area (Å²) in [6.07, 6.45) is 5.59. The molecule has 1 aliphatic carbocycles. The van der Waals surface area contributed by atoms with Crippen molar-refractivity contribution in [1.29, 1.82) is 0 Å². The van der Waals surface area contributed by atoms with E-state index in [2.05, 4.69) is 29.4 Å². The first-order valence-electron chi connectivity index (χ1n) is 8.55. The van der Waals surface area contributed by atoms with Crippen LogP contribution < -0.4 is 5.32 Å². The van der Waals surface area contributed by atoms with Gasteiger partial charge in [0.25, 0.3) is 0 Å². The Kier molecular flexibility index (Phi) is 4.71. The lowest BCUT2D eigenvalue weighted by molar-refractivity contribution is -0.124. The van der Waals surface area contributed by atoms with E-state index in [1.807, 2.05) is 24.0 Å². The molecule has 3 rings (SSSR count). The largest absolute Gasteiger partial charge is 0.391 e. The molecular formula is C17H25N5O2. The average Bonchev–Trinajstić information content (AvgIpc) is 3.14. The summed E-state index contributed by atoms with van der Waals surface area (Å²) in [6, 6.07) is 1.55. The van der Waals surface area contributed by atoms with Crippen LogP contribution in [0.2, 0.25) is 0 Å². The number of carbonyl (C=O) groups is 1. The molecule has 0 unspecified atom stereocenters. The quantitative estimate of drug-likeness (QED) is 0.819. The summed E-state index contributed by atoms with van der Waals surface area (Å²) in [6.45, 7) is 4.13. The van der Waals surface area contributed by atoms with Crippen LogP contribution in [0.4, 0.5) is 0 Å². The Balaban J connectivity index is 1.68. The second-order valence-corrected chi connectivity index (χ2v) is 6.33. The molecule has 2 heterocycles. The second-order valence-electron chi connectivity index (χ2n) is 6.33. The highest BCUT2D eigenvalue weighted by Crippen LogP contribution is 2.32. The first-order chi connectivity index (χ1) is 11.5. The molecule has 0 spiro atoms. The number of amides is 1. The summed E-state index contributed by atoms with van der Waals surface area (Å²) < 4.78 is 3.60. The fourth-order valence-corrected chi connectivity index (χ4v) is 3.59. The van der Waals surface area contributed by atoms with Gasteiger partial charge in [0.05, 0.1) is 30.3 Å². The number of hydrogen-bond acceptors (Lipinski definition) is 4. The van der Waals surface area contributed by atoms with Gasteiger partial charge in [0.15, 0.2) is 0 Å². The molecule has 0 aliphatic heterocycles. The van der Waals surface area contributed by atoms with Gasteiger partial charge in [0.2, 0.25) is 5.91 Å². The van der Waals surface area contributed by atoms with Crippen LogP contribution in [0.5, 0.6) is 0 Å². The third kappa shape index (κ3) is 2.96. The van der Waals surface area contributed by atoms with Crippen molar-refractivity contribution in [2.45, 2.75) is 57.7 Å². The minimum atomic E-state index is -0.467. The second kappa shape index (κ2) is 6.76. The van der Waals surface area contributed by atoms with E-state index >= 15 is 0 Å². The van der Waals surface area contributed by atoms with Gasteiger partial charge in [-0.25, -0.2) is 0 Å². The molecule has 0 radical (unpaired) electrons. The van der Waals surface area contributed by atoms with Crippen molar-refractivity contribution in [2.75, 3.05) is 0 Å². The number of aromatic nitrogens is 4. The van der Waals surface area contributed by atoms with Crippen molar-refractivity contribution in [3.8, 4) is 0 Å². The van der Waals surface area contributed by atoms with Crippen molar-refractivity contribution < 1.29 is 9.90 Å². The van der Waals surface area contributed by atoms with Crippen LogP contribution in [-0.2, 0) is 31.1 Å². The predicted molar refractivity (Wildman–Crippen MR) is 89.5 cm³/mol. The standard InChI is InChI=1S/C17H25N5O2/c1-4-12-11(14(5-2)21(3)20-12)9-16(24)19-13-10-15(23)17(13)22-8-6-7-18-22/h6-8,13,15,17,23H,4-5,9-10H2,1-3H3,(H,19,24)/t13-,15+,17+/m0/s1. The van der Waals surface area contributed by atoms with Gasteiger partial charge in [0.1, 0.15) is 0 Å². The summed E-state index contributed by atoms with van der Waals surface area (Å²) in [7, 11) is 1.93. The Labute approximate surface area is 141 Å². The topological polar surface area (TPSA) is 85.0 Å². The first kappa shape index (κ1) is 16.7.